The summed E-state index contributed by atoms with van der Waals surface area (Å²) in [7, 11) is 0. The van der Waals surface area contributed by atoms with Gasteiger partial charge in [0.25, 0.3) is 0 Å². The first-order chi connectivity index (χ1) is 21.9. The Morgan fingerprint density at radius 3 is 2.23 bits per heavy atom. The number of aliphatic hydroxyl groups is 2. The summed E-state index contributed by atoms with van der Waals surface area (Å²) in [4.78, 5) is 65.6. The van der Waals surface area contributed by atoms with Crippen molar-refractivity contribution in [1.29, 1.82) is 0 Å². The minimum atomic E-state index is -2.58. The van der Waals surface area contributed by atoms with Crippen molar-refractivity contribution < 1.29 is 57.9 Å². The molecular weight excluding hydrogens is 612 g/mol. The highest BCUT2D eigenvalue weighted by Crippen LogP contribution is 2.57. The summed E-state index contributed by atoms with van der Waals surface area (Å²) >= 11 is 0. The lowest BCUT2D eigenvalue weighted by atomic mass is 9.75. The smallest absolute Gasteiger partial charge is 0.341 e. The first-order valence-corrected chi connectivity index (χ1v) is 16.7. The van der Waals surface area contributed by atoms with E-state index in [2.05, 4.69) is 6.92 Å². The highest BCUT2D eigenvalue weighted by molar-refractivity contribution is 5.88. The second-order valence-electron chi connectivity index (χ2n) is 13.6. The van der Waals surface area contributed by atoms with Crippen molar-refractivity contribution in [2.24, 2.45) is 11.8 Å². The van der Waals surface area contributed by atoms with Crippen LogP contribution in [-0.4, -0.2) is 81.3 Å². The molecule has 9 atom stereocenters. The molecule has 1 unspecified atom stereocenters. The quantitative estimate of drug-likeness (QED) is 0.0948. The second kappa shape index (κ2) is 14.9. The molecule has 0 amide bonds. The van der Waals surface area contributed by atoms with Crippen LogP contribution in [0.5, 0.6) is 0 Å². The largest absolute Gasteiger partial charge is 0.459 e. The molecule has 12 heteroatoms. The van der Waals surface area contributed by atoms with Crippen LogP contribution in [0.15, 0.2) is 22.8 Å². The number of unbranched alkanes of at least 4 members (excludes halogenated alkanes) is 4. The van der Waals surface area contributed by atoms with Crippen molar-refractivity contribution in [3.8, 4) is 0 Å². The minimum absolute atomic E-state index is 0.0758. The maximum absolute atomic E-state index is 13.4. The molecule has 2 aliphatic carbocycles. The number of hydrogen-bond acceptors (Lipinski definition) is 12. The molecule has 1 aliphatic heterocycles. The number of carbonyl (C=O) groups is 5. The summed E-state index contributed by atoms with van der Waals surface area (Å²) in [6, 6.07) is 0. The molecule has 1 saturated heterocycles. The molecule has 3 aliphatic rings. The van der Waals surface area contributed by atoms with E-state index in [1.807, 2.05) is 0 Å². The molecule has 0 aromatic heterocycles. The Hall–Kier alpha value is -3.25. The van der Waals surface area contributed by atoms with Crippen molar-refractivity contribution in [1.82, 2.24) is 0 Å². The van der Waals surface area contributed by atoms with Crippen LogP contribution in [0, 0.1) is 11.8 Å². The Bertz CT molecular complexity index is 1300. The van der Waals surface area contributed by atoms with Crippen molar-refractivity contribution in [3.05, 3.63) is 22.8 Å². The Balaban J connectivity index is 2.24. The average molecular weight is 665 g/mol. The number of fused-ring (bicyclic) bond motifs is 3. The third-order valence-corrected chi connectivity index (χ3v) is 10.1. The zero-order chi connectivity index (χ0) is 35.5. The van der Waals surface area contributed by atoms with E-state index in [9.17, 15) is 34.2 Å². The van der Waals surface area contributed by atoms with Gasteiger partial charge in [-0.2, -0.15) is 0 Å². The van der Waals surface area contributed by atoms with Crippen molar-refractivity contribution in [2.45, 2.75) is 155 Å². The van der Waals surface area contributed by atoms with Gasteiger partial charge in [-0.3, -0.25) is 14.4 Å². The van der Waals surface area contributed by atoms with Gasteiger partial charge >= 0.3 is 29.8 Å². The number of carbonyl (C=O) groups excluding carboxylic acids is 5. The Kier molecular flexibility index (Phi) is 12.1. The standard InChI is InChI=1S/C35H52O12/c1-10-13-14-15-16-17-24(37)44-28-26-25(21(6)27(28)45-31(39)20(5)12-3)29-35(42,34(9,41)32(40)46-29)23(43-30(38)19(4)11-2)18-33(26,8)47-22(7)36/h12,19,23,26-29,41-42H,10-11,13-18H2,1-9H3/b20-12-/t19?,23-,26+,27-,28-,29-,33-,34+,35+/m0/s1. The van der Waals surface area contributed by atoms with Gasteiger partial charge in [0.05, 0.1) is 11.8 Å². The lowest BCUT2D eigenvalue weighted by Crippen LogP contribution is -2.64. The van der Waals surface area contributed by atoms with E-state index < -0.39 is 89.3 Å². The van der Waals surface area contributed by atoms with Gasteiger partial charge in [-0.25, -0.2) is 9.59 Å². The van der Waals surface area contributed by atoms with E-state index in [0.29, 0.717) is 12.8 Å². The first kappa shape index (κ1) is 38.2. The molecule has 0 spiro atoms. The lowest BCUT2D eigenvalue weighted by Gasteiger charge is -2.42. The average Bonchev–Trinajstić information content (AvgIpc) is 3.33. The monoisotopic (exact) mass is 664 g/mol. The third-order valence-electron chi connectivity index (χ3n) is 10.1. The van der Waals surface area contributed by atoms with Crippen molar-refractivity contribution in [3.63, 3.8) is 0 Å². The summed E-state index contributed by atoms with van der Waals surface area (Å²) in [6.45, 7) is 14.1. The minimum Gasteiger partial charge on any atom is -0.459 e. The molecule has 3 rings (SSSR count). The van der Waals surface area contributed by atoms with Gasteiger partial charge in [0, 0.05) is 25.3 Å². The zero-order valence-electron chi connectivity index (χ0n) is 29.2. The van der Waals surface area contributed by atoms with Gasteiger partial charge in [0.15, 0.2) is 29.5 Å². The van der Waals surface area contributed by atoms with Crippen LogP contribution in [0.1, 0.15) is 114 Å². The molecule has 0 radical (unpaired) electrons. The number of hydrogen-bond donors (Lipinski definition) is 2. The fourth-order valence-electron chi connectivity index (χ4n) is 6.90. The highest BCUT2D eigenvalue weighted by Gasteiger charge is 2.76. The van der Waals surface area contributed by atoms with Crippen LogP contribution >= 0.6 is 0 Å². The van der Waals surface area contributed by atoms with E-state index in [1.54, 1.807) is 40.7 Å². The van der Waals surface area contributed by atoms with E-state index in [-0.39, 0.29) is 23.1 Å². The van der Waals surface area contributed by atoms with Crippen LogP contribution in [0.25, 0.3) is 0 Å². The highest BCUT2D eigenvalue weighted by atomic mass is 16.6. The summed E-state index contributed by atoms with van der Waals surface area (Å²) in [5.74, 6) is -5.64. The van der Waals surface area contributed by atoms with Crippen LogP contribution in [0.2, 0.25) is 0 Å². The van der Waals surface area contributed by atoms with Gasteiger partial charge in [0.2, 0.25) is 0 Å². The van der Waals surface area contributed by atoms with Crippen molar-refractivity contribution >= 4 is 29.8 Å². The SMILES string of the molecule is C/C=C(/C)C(=O)O[C@H]1C(C)=C2[C@H]([C@@H]1OC(=O)CCCCCCC)[C@@](C)(OC(C)=O)C[C@H](OC(=O)C(C)CC)[C@@]1(O)[C@H]2OC(=O)[C@@]1(C)O. The summed E-state index contributed by atoms with van der Waals surface area (Å²) in [5.41, 5.74) is -6.16. The predicted octanol–water partition coefficient (Wildman–Crippen LogP) is 4.17. The van der Waals surface area contributed by atoms with Gasteiger partial charge in [-0.05, 0) is 58.6 Å². The van der Waals surface area contributed by atoms with Crippen molar-refractivity contribution in [2.75, 3.05) is 0 Å². The molecule has 12 nitrogen and oxygen atoms in total. The fourth-order valence-corrected chi connectivity index (χ4v) is 6.90. The topological polar surface area (TPSA) is 172 Å². The summed E-state index contributed by atoms with van der Waals surface area (Å²) < 4.78 is 29.5. The van der Waals surface area contributed by atoms with Crippen LogP contribution in [0.4, 0.5) is 0 Å². The molecule has 1 saturated carbocycles. The van der Waals surface area contributed by atoms with Gasteiger partial charge in [0.1, 0.15) is 11.7 Å². The van der Waals surface area contributed by atoms with E-state index in [0.717, 1.165) is 32.6 Å². The molecule has 2 fully saturated rings. The third kappa shape index (κ3) is 7.28. The Labute approximate surface area is 277 Å². The normalized spacial score (nSPS) is 34.1. The molecule has 47 heavy (non-hydrogen) atoms. The molecule has 0 bridgehead atoms. The number of allylic oxidation sites excluding steroid dienone is 1. The van der Waals surface area contributed by atoms with Gasteiger partial charge in [-0.15, -0.1) is 0 Å². The molecule has 1 heterocycles. The molecule has 264 valence electrons. The molecular formula is C35H52O12. The maximum Gasteiger partial charge on any atom is 0.341 e. The molecule has 0 aromatic rings. The first-order valence-electron chi connectivity index (χ1n) is 16.7. The van der Waals surface area contributed by atoms with Gasteiger partial charge < -0.3 is 33.9 Å². The van der Waals surface area contributed by atoms with E-state index in [4.69, 9.17) is 23.7 Å². The number of rotatable bonds is 13. The van der Waals surface area contributed by atoms with Crippen LogP contribution in [0.3, 0.4) is 0 Å². The van der Waals surface area contributed by atoms with E-state index in [1.165, 1.54) is 13.8 Å². The zero-order valence-corrected chi connectivity index (χ0v) is 29.2. The fraction of sp³-hybridized carbons (Fsp3) is 0.743. The predicted molar refractivity (Wildman–Crippen MR) is 168 cm³/mol. The van der Waals surface area contributed by atoms with E-state index >= 15 is 0 Å². The molecule has 0 aromatic carbocycles. The number of esters is 5. The second-order valence-corrected chi connectivity index (χ2v) is 13.6. The number of ether oxygens (including phenoxy) is 5. The van der Waals surface area contributed by atoms with Gasteiger partial charge in [-0.1, -0.05) is 52.5 Å². The summed E-state index contributed by atoms with van der Waals surface area (Å²) in [5, 5.41) is 24.0. The molecule has 2 N–H and O–H groups in total. The van der Waals surface area contributed by atoms with Crippen LogP contribution < -0.4 is 0 Å². The summed E-state index contributed by atoms with van der Waals surface area (Å²) in [6.07, 6.45) is 0.230. The Morgan fingerprint density at radius 2 is 1.66 bits per heavy atom. The lowest BCUT2D eigenvalue weighted by molar-refractivity contribution is -0.214. The maximum atomic E-state index is 13.4. The Morgan fingerprint density at radius 1 is 1.02 bits per heavy atom. The van der Waals surface area contributed by atoms with Crippen LogP contribution in [-0.2, 0) is 47.7 Å².